The Hall–Kier alpha value is -3.20. The number of piperidine rings is 1. The van der Waals surface area contributed by atoms with Crippen LogP contribution in [0.2, 0.25) is 0 Å². The summed E-state index contributed by atoms with van der Waals surface area (Å²) in [5.74, 6) is 0.698. The minimum Gasteiger partial charge on any atom is -0.490 e. The minimum absolute atomic E-state index is 0.0573. The van der Waals surface area contributed by atoms with Crippen molar-refractivity contribution in [1.82, 2.24) is 14.9 Å². The summed E-state index contributed by atoms with van der Waals surface area (Å²) in [7, 11) is 2.08. The van der Waals surface area contributed by atoms with Gasteiger partial charge in [-0.25, -0.2) is 13.8 Å². The van der Waals surface area contributed by atoms with Gasteiger partial charge in [0.05, 0.1) is 52.9 Å². The molecule has 38 heavy (non-hydrogen) atoms. The lowest BCUT2D eigenvalue weighted by Gasteiger charge is -2.48. The summed E-state index contributed by atoms with van der Waals surface area (Å²) in [4.78, 5) is 16.1. The van der Waals surface area contributed by atoms with Gasteiger partial charge in [-0.2, -0.15) is 0 Å². The highest BCUT2D eigenvalue weighted by Gasteiger charge is 2.49. The van der Waals surface area contributed by atoms with Crippen LogP contribution in [0.15, 0.2) is 30.6 Å². The topological polar surface area (TPSA) is 54.0 Å². The van der Waals surface area contributed by atoms with Gasteiger partial charge in [0.2, 0.25) is 5.88 Å². The van der Waals surface area contributed by atoms with Gasteiger partial charge < -0.3 is 24.2 Å². The molecule has 7 rings (SSSR count). The molecule has 0 radical (unpaired) electrons. The Balaban J connectivity index is 1.15. The zero-order chi connectivity index (χ0) is 25.9. The number of aromatic nitrogens is 2. The highest BCUT2D eigenvalue weighted by molar-refractivity contribution is 6.07. The van der Waals surface area contributed by atoms with Crippen LogP contribution in [0, 0.1) is 5.82 Å². The van der Waals surface area contributed by atoms with E-state index in [2.05, 4.69) is 31.7 Å². The van der Waals surface area contributed by atoms with Gasteiger partial charge in [0.15, 0.2) is 0 Å². The van der Waals surface area contributed by atoms with Crippen LogP contribution < -0.4 is 19.3 Å². The highest BCUT2D eigenvalue weighted by Crippen LogP contribution is 2.55. The number of hydrogen-bond donors (Lipinski definition) is 0. The second-order valence-corrected chi connectivity index (χ2v) is 11.2. The van der Waals surface area contributed by atoms with Crippen LogP contribution in [0.25, 0.3) is 22.0 Å². The molecule has 1 spiro atoms. The van der Waals surface area contributed by atoms with Crippen molar-refractivity contribution in [2.75, 3.05) is 56.4 Å². The van der Waals surface area contributed by atoms with Gasteiger partial charge in [0.1, 0.15) is 24.3 Å². The van der Waals surface area contributed by atoms with E-state index in [9.17, 15) is 4.39 Å². The Morgan fingerprint density at radius 3 is 2.74 bits per heavy atom. The first-order chi connectivity index (χ1) is 18.5. The lowest BCUT2D eigenvalue weighted by Crippen LogP contribution is -2.57. The van der Waals surface area contributed by atoms with Crippen molar-refractivity contribution >= 4 is 22.3 Å². The molecule has 0 N–H and O–H groups in total. The van der Waals surface area contributed by atoms with E-state index in [4.69, 9.17) is 9.47 Å². The van der Waals surface area contributed by atoms with Crippen LogP contribution in [0.3, 0.4) is 0 Å². The smallest absolute Gasteiger partial charge is 0.213 e. The third-order valence-electron chi connectivity index (χ3n) is 8.81. The molecular weight excluding hydrogens is 488 g/mol. The monoisotopic (exact) mass is 521 g/mol. The summed E-state index contributed by atoms with van der Waals surface area (Å²) in [6, 6.07) is 5.16. The van der Waals surface area contributed by atoms with Crippen molar-refractivity contribution in [3.8, 4) is 22.8 Å². The molecule has 0 bridgehead atoms. The largest absolute Gasteiger partial charge is 0.490 e. The molecule has 2 aromatic heterocycles. The molecule has 3 aromatic rings. The van der Waals surface area contributed by atoms with E-state index in [0.29, 0.717) is 54.3 Å². The highest BCUT2D eigenvalue weighted by atomic mass is 19.1. The van der Waals surface area contributed by atoms with Crippen LogP contribution in [-0.2, 0) is 0 Å². The van der Waals surface area contributed by atoms with Crippen molar-refractivity contribution < 1.29 is 18.3 Å². The van der Waals surface area contributed by atoms with Crippen molar-refractivity contribution in [2.45, 2.75) is 50.2 Å². The second kappa shape index (κ2) is 9.22. The molecular formula is C29H33F2N5O2. The summed E-state index contributed by atoms with van der Waals surface area (Å²) in [6.45, 7) is 4.35. The van der Waals surface area contributed by atoms with Crippen molar-refractivity contribution in [2.24, 2.45) is 0 Å². The molecule has 200 valence electrons. The number of nitrogens with zero attached hydrogens (tertiary/aromatic N) is 5. The average molecular weight is 522 g/mol. The molecule has 1 saturated carbocycles. The Morgan fingerprint density at radius 2 is 2.00 bits per heavy atom. The number of halogens is 2. The number of hydrogen-bond acceptors (Lipinski definition) is 7. The number of fused-ring (bicyclic) bond motifs is 1. The zero-order valence-electron chi connectivity index (χ0n) is 21.8. The van der Waals surface area contributed by atoms with E-state index in [-0.39, 0.29) is 11.4 Å². The first kappa shape index (κ1) is 23.9. The Labute approximate surface area is 221 Å². The fourth-order valence-corrected chi connectivity index (χ4v) is 6.46. The second-order valence-electron chi connectivity index (χ2n) is 11.2. The van der Waals surface area contributed by atoms with Gasteiger partial charge in [0.25, 0.3) is 0 Å². The number of ether oxygens (including phenoxy) is 2. The van der Waals surface area contributed by atoms with Crippen LogP contribution in [0.4, 0.5) is 20.2 Å². The molecule has 0 amide bonds. The van der Waals surface area contributed by atoms with E-state index in [0.717, 1.165) is 62.3 Å². The number of anilines is 2. The SMILES string of the molecule is CN1CN2c3c1cnc1cc(F)c(-c4ccc(OCCCN5CCC(F)CC5)nc4)c(c31)OCC21CCC1. The number of alkyl halides is 1. The molecule has 1 aromatic carbocycles. The summed E-state index contributed by atoms with van der Waals surface area (Å²) >= 11 is 0. The molecule has 1 saturated heterocycles. The minimum atomic E-state index is -0.654. The summed E-state index contributed by atoms with van der Waals surface area (Å²) in [5, 5.41) is 0.879. The van der Waals surface area contributed by atoms with Crippen LogP contribution in [0.1, 0.15) is 38.5 Å². The van der Waals surface area contributed by atoms with Gasteiger partial charge in [-0.15, -0.1) is 0 Å². The molecule has 3 aliphatic heterocycles. The maximum atomic E-state index is 15.6. The predicted octanol–water partition coefficient (Wildman–Crippen LogP) is 5.17. The summed E-state index contributed by atoms with van der Waals surface area (Å²) < 4.78 is 41.3. The number of benzene rings is 1. The van der Waals surface area contributed by atoms with E-state index in [1.54, 1.807) is 12.3 Å². The number of pyridine rings is 2. The first-order valence-corrected chi connectivity index (χ1v) is 13.7. The van der Waals surface area contributed by atoms with Gasteiger partial charge in [-0.05, 0) is 44.6 Å². The molecule has 0 unspecified atom stereocenters. The third-order valence-corrected chi connectivity index (χ3v) is 8.81. The molecule has 4 aliphatic rings. The molecule has 7 nitrogen and oxygen atoms in total. The lowest BCUT2D eigenvalue weighted by molar-refractivity contribution is 0.137. The predicted molar refractivity (Wildman–Crippen MR) is 143 cm³/mol. The summed E-state index contributed by atoms with van der Waals surface area (Å²) in [5.41, 5.74) is 3.80. The van der Waals surface area contributed by atoms with Gasteiger partial charge in [-0.3, -0.25) is 4.98 Å². The lowest BCUT2D eigenvalue weighted by atomic mass is 9.76. The van der Waals surface area contributed by atoms with E-state index in [1.807, 2.05) is 12.3 Å². The Bertz CT molecular complexity index is 1360. The van der Waals surface area contributed by atoms with Gasteiger partial charge >= 0.3 is 0 Å². The van der Waals surface area contributed by atoms with Crippen molar-refractivity contribution in [3.05, 3.63) is 36.4 Å². The zero-order valence-corrected chi connectivity index (χ0v) is 21.8. The fraction of sp³-hybridized carbons (Fsp3) is 0.517. The van der Waals surface area contributed by atoms with Crippen molar-refractivity contribution in [1.29, 1.82) is 0 Å². The molecule has 9 heteroatoms. The van der Waals surface area contributed by atoms with Crippen molar-refractivity contribution in [3.63, 3.8) is 0 Å². The maximum absolute atomic E-state index is 15.6. The standard InChI is InChI=1S/C29H33F2N5O2/c1-34-18-36-27-23(34)16-32-22-14-21(31)25(28(26(22)27)38-17-29(36)8-2-9-29)19-4-5-24(33-15-19)37-13-3-10-35-11-6-20(30)7-12-35/h4-5,14-16,20H,2-3,6-13,17-18H2,1H3. The molecule has 5 heterocycles. The molecule has 1 aliphatic carbocycles. The number of rotatable bonds is 6. The van der Waals surface area contributed by atoms with E-state index in [1.165, 1.54) is 12.5 Å². The summed E-state index contributed by atoms with van der Waals surface area (Å²) in [6.07, 6.45) is 8.26. The molecule has 2 fully saturated rings. The van der Waals surface area contributed by atoms with Crippen LogP contribution in [0.5, 0.6) is 11.6 Å². The Morgan fingerprint density at radius 1 is 1.16 bits per heavy atom. The van der Waals surface area contributed by atoms with E-state index >= 15 is 4.39 Å². The first-order valence-electron chi connectivity index (χ1n) is 13.7. The third kappa shape index (κ3) is 3.85. The van der Waals surface area contributed by atoms with Gasteiger partial charge in [0, 0.05) is 50.6 Å². The maximum Gasteiger partial charge on any atom is 0.213 e. The molecule has 0 atom stereocenters. The fourth-order valence-electron chi connectivity index (χ4n) is 6.46. The van der Waals surface area contributed by atoms with Crippen LogP contribution >= 0.6 is 0 Å². The number of likely N-dealkylation sites (tertiary alicyclic amines) is 1. The quantitative estimate of drug-likeness (QED) is 0.415. The van der Waals surface area contributed by atoms with E-state index < -0.39 is 6.17 Å². The van der Waals surface area contributed by atoms with Gasteiger partial charge in [-0.1, -0.05) is 0 Å². The van der Waals surface area contributed by atoms with Crippen LogP contribution in [-0.4, -0.2) is 73.1 Å². The normalized spacial score (nSPS) is 20.5. The average Bonchev–Trinajstić information content (AvgIpc) is 3.15. The Kier molecular flexibility index (Phi) is 5.80.